The van der Waals surface area contributed by atoms with Crippen molar-refractivity contribution in [3.8, 4) is 0 Å². The summed E-state index contributed by atoms with van der Waals surface area (Å²) in [6.45, 7) is 9.44. The van der Waals surface area contributed by atoms with E-state index in [0.29, 0.717) is 6.17 Å². The van der Waals surface area contributed by atoms with Crippen LogP contribution in [0.2, 0.25) is 0 Å². The highest BCUT2D eigenvalue weighted by molar-refractivity contribution is 4.97. The summed E-state index contributed by atoms with van der Waals surface area (Å²) in [5, 5.41) is 0. The van der Waals surface area contributed by atoms with Gasteiger partial charge in [-0.15, -0.1) is 0 Å². The van der Waals surface area contributed by atoms with Crippen LogP contribution in [-0.2, 0) is 0 Å². The Labute approximate surface area is 184 Å². The van der Waals surface area contributed by atoms with Gasteiger partial charge in [-0.1, -0.05) is 117 Å². The van der Waals surface area contributed by atoms with E-state index >= 15 is 0 Å². The molecule has 0 aromatic heterocycles. The van der Waals surface area contributed by atoms with Crippen LogP contribution in [0.25, 0.3) is 0 Å². The first-order chi connectivity index (χ1) is 14.3. The predicted octanol–water partition coefficient (Wildman–Crippen LogP) is 8.87. The van der Waals surface area contributed by atoms with Crippen LogP contribution < -0.4 is 0 Å². The molecule has 0 bridgehead atoms. The molecular formula is C27H54N2. The number of hydrogen-bond donors (Lipinski definition) is 0. The quantitative estimate of drug-likeness (QED) is 0.176. The first-order valence-electron chi connectivity index (χ1n) is 13.5. The first-order valence-corrected chi connectivity index (χ1v) is 13.5. The minimum atomic E-state index is 0.646. The average Bonchev–Trinajstić information content (AvgIpc) is 3.11. The molecule has 0 N–H and O–H groups in total. The lowest BCUT2D eigenvalue weighted by Crippen LogP contribution is -2.39. The van der Waals surface area contributed by atoms with Gasteiger partial charge in [0, 0.05) is 25.5 Å². The van der Waals surface area contributed by atoms with Crippen molar-refractivity contribution in [2.75, 3.05) is 13.1 Å². The summed E-state index contributed by atoms with van der Waals surface area (Å²) in [5.41, 5.74) is 0. The highest BCUT2D eigenvalue weighted by Gasteiger charge is 2.24. The lowest BCUT2D eigenvalue weighted by molar-refractivity contribution is 0.135. The molecule has 1 heterocycles. The van der Waals surface area contributed by atoms with Crippen LogP contribution in [0.15, 0.2) is 12.4 Å². The van der Waals surface area contributed by atoms with Crippen molar-refractivity contribution in [2.24, 2.45) is 0 Å². The second kappa shape index (κ2) is 19.3. The highest BCUT2D eigenvalue weighted by Crippen LogP contribution is 2.23. The smallest absolute Gasteiger partial charge is 0.101 e. The molecule has 1 aliphatic rings. The maximum atomic E-state index is 2.67. The molecule has 0 aromatic rings. The van der Waals surface area contributed by atoms with E-state index in [1.165, 1.54) is 135 Å². The molecule has 0 saturated heterocycles. The Balaban J connectivity index is 2.29. The molecule has 172 valence electrons. The zero-order valence-corrected chi connectivity index (χ0v) is 20.5. The van der Waals surface area contributed by atoms with E-state index in [2.05, 4.69) is 43.0 Å². The third-order valence-corrected chi connectivity index (χ3v) is 6.57. The predicted molar refractivity (Wildman–Crippen MR) is 131 cm³/mol. The molecule has 1 rings (SSSR count). The molecule has 29 heavy (non-hydrogen) atoms. The summed E-state index contributed by atoms with van der Waals surface area (Å²) < 4.78 is 0. The van der Waals surface area contributed by atoms with Crippen LogP contribution in [0.4, 0.5) is 0 Å². The number of rotatable bonds is 21. The number of nitrogens with zero attached hydrogens (tertiary/aromatic N) is 2. The zero-order chi connectivity index (χ0) is 21.0. The van der Waals surface area contributed by atoms with Crippen LogP contribution in [0, 0.1) is 0 Å². The zero-order valence-electron chi connectivity index (χ0n) is 20.5. The Morgan fingerprint density at radius 1 is 0.448 bits per heavy atom. The van der Waals surface area contributed by atoms with Gasteiger partial charge < -0.3 is 9.80 Å². The van der Waals surface area contributed by atoms with Crippen molar-refractivity contribution in [1.29, 1.82) is 0 Å². The summed E-state index contributed by atoms with van der Waals surface area (Å²) >= 11 is 0. The summed E-state index contributed by atoms with van der Waals surface area (Å²) in [6, 6.07) is 0. The third-order valence-electron chi connectivity index (χ3n) is 6.57. The maximum absolute atomic E-state index is 2.67. The minimum absolute atomic E-state index is 0.646. The van der Waals surface area contributed by atoms with E-state index in [1.54, 1.807) is 0 Å². The van der Waals surface area contributed by atoms with Gasteiger partial charge in [-0.2, -0.15) is 0 Å². The minimum Gasteiger partial charge on any atom is -0.356 e. The third kappa shape index (κ3) is 13.3. The Hall–Kier alpha value is -0.660. The summed E-state index contributed by atoms with van der Waals surface area (Å²) in [5.74, 6) is 0. The summed E-state index contributed by atoms with van der Waals surface area (Å²) in [6.07, 6.45) is 32.1. The molecule has 0 saturated carbocycles. The van der Waals surface area contributed by atoms with Crippen molar-refractivity contribution >= 4 is 0 Å². The van der Waals surface area contributed by atoms with Crippen molar-refractivity contribution in [3.63, 3.8) is 0 Å². The van der Waals surface area contributed by atoms with Crippen molar-refractivity contribution < 1.29 is 0 Å². The molecule has 2 nitrogen and oxygen atoms in total. The lowest BCUT2D eigenvalue weighted by Gasteiger charge is -2.33. The molecular weight excluding hydrogens is 352 g/mol. The lowest BCUT2D eigenvalue weighted by atomic mass is 10.1. The molecule has 2 heteroatoms. The van der Waals surface area contributed by atoms with Gasteiger partial charge >= 0.3 is 0 Å². The molecule has 0 aliphatic carbocycles. The van der Waals surface area contributed by atoms with Gasteiger partial charge in [0.25, 0.3) is 0 Å². The average molecular weight is 407 g/mol. The molecule has 0 aromatic carbocycles. The maximum Gasteiger partial charge on any atom is 0.101 e. The molecule has 0 atom stereocenters. The van der Waals surface area contributed by atoms with Gasteiger partial charge in [0.2, 0.25) is 0 Å². The van der Waals surface area contributed by atoms with Gasteiger partial charge in [0.15, 0.2) is 0 Å². The Morgan fingerprint density at radius 2 is 0.793 bits per heavy atom. The van der Waals surface area contributed by atoms with Crippen LogP contribution in [0.5, 0.6) is 0 Å². The molecule has 0 amide bonds. The fraction of sp³-hybridized carbons (Fsp3) is 0.926. The highest BCUT2D eigenvalue weighted by atomic mass is 15.4. The van der Waals surface area contributed by atoms with Crippen LogP contribution in [0.1, 0.15) is 143 Å². The van der Waals surface area contributed by atoms with E-state index in [-0.39, 0.29) is 0 Å². The number of hydrogen-bond acceptors (Lipinski definition) is 2. The number of unbranched alkanes of at least 4 members (excludes halogenated alkanes) is 15. The Morgan fingerprint density at radius 3 is 1.21 bits per heavy atom. The van der Waals surface area contributed by atoms with Gasteiger partial charge in [-0.05, 0) is 25.7 Å². The van der Waals surface area contributed by atoms with E-state index in [9.17, 15) is 0 Å². The van der Waals surface area contributed by atoms with E-state index in [0.717, 1.165) is 0 Å². The molecule has 1 aliphatic heterocycles. The van der Waals surface area contributed by atoms with Crippen molar-refractivity contribution in [3.05, 3.63) is 12.4 Å². The topological polar surface area (TPSA) is 6.48 Å². The van der Waals surface area contributed by atoms with Crippen LogP contribution >= 0.6 is 0 Å². The fourth-order valence-electron chi connectivity index (χ4n) is 4.60. The molecule has 0 radical (unpaired) electrons. The standard InChI is InChI=1S/C27H54N2/c1-4-7-10-13-14-15-16-19-22-27-28(23-20-17-11-8-5-2)25-26-29(27)24-21-18-12-9-6-3/h25-27H,4-24H2,1-3H3. The van der Waals surface area contributed by atoms with E-state index < -0.39 is 0 Å². The molecule has 0 spiro atoms. The monoisotopic (exact) mass is 406 g/mol. The van der Waals surface area contributed by atoms with Gasteiger partial charge in [-0.25, -0.2) is 0 Å². The van der Waals surface area contributed by atoms with Gasteiger partial charge in [0.1, 0.15) is 6.17 Å². The van der Waals surface area contributed by atoms with Crippen LogP contribution in [0.3, 0.4) is 0 Å². The normalized spacial score (nSPS) is 14.4. The van der Waals surface area contributed by atoms with E-state index in [4.69, 9.17) is 0 Å². The Bertz CT molecular complexity index is 342. The Kier molecular flexibility index (Phi) is 17.6. The largest absolute Gasteiger partial charge is 0.356 e. The van der Waals surface area contributed by atoms with Gasteiger partial charge in [-0.3, -0.25) is 0 Å². The molecule has 0 fully saturated rings. The second-order valence-corrected chi connectivity index (χ2v) is 9.35. The van der Waals surface area contributed by atoms with E-state index in [1.807, 2.05) is 0 Å². The second-order valence-electron chi connectivity index (χ2n) is 9.35. The van der Waals surface area contributed by atoms with Crippen LogP contribution in [-0.4, -0.2) is 29.1 Å². The van der Waals surface area contributed by atoms with Crippen molar-refractivity contribution in [2.45, 2.75) is 149 Å². The van der Waals surface area contributed by atoms with Gasteiger partial charge in [0.05, 0.1) is 0 Å². The SMILES string of the molecule is CCCCCCCCCCC1N(CCCCCCC)C=CN1CCCCCCC. The first kappa shape index (κ1) is 26.4. The summed E-state index contributed by atoms with van der Waals surface area (Å²) in [7, 11) is 0. The molecule has 0 unspecified atom stereocenters. The summed E-state index contributed by atoms with van der Waals surface area (Å²) in [4.78, 5) is 5.33. The fourth-order valence-corrected chi connectivity index (χ4v) is 4.60. The van der Waals surface area contributed by atoms with Crippen molar-refractivity contribution in [1.82, 2.24) is 9.80 Å².